The number of carbonyl (C=O) groups is 1. The Balaban J connectivity index is 1.22. The number of piperazine rings is 1. The molecule has 150 valence electrons. The molecule has 3 heterocycles. The number of rotatable bonds is 5. The maximum absolute atomic E-state index is 12.7. The van der Waals surface area contributed by atoms with Crippen molar-refractivity contribution in [2.24, 2.45) is 0 Å². The van der Waals surface area contributed by atoms with Gasteiger partial charge in [-0.1, -0.05) is 12.1 Å². The smallest absolute Gasteiger partial charge is 0.227 e. The average Bonchev–Trinajstić information content (AvgIpc) is 3.53. The van der Waals surface area contributed by atoms with Gasteiger partial charge in [0.15, 0.2) is 11.5 Å². The molecule has 0 atom stereocenters. The molecular formula is C21H24N6O2. The Morgan fingerprint density at radius 1 is 1.03 bits per heavy atom. The van der Waals surface area contributed by atoms with Crippen molar-refractivity contribution in [3.63, 3.8) is 0 Å². The topological polar surface area (TPSA) is 75.9 Å². The van der Waals surface area contributed by atoms with Gasteiger partial charge in [-0.15, -0.1) is 15.3 Å². The van der Waals surface area contributed by atoms with Crippen LogP contribution in [0.1, 0.15) is 30.1 Å². The second-order valence-electron chi connectivity index (χ2n) is 7.69. The van der Waals surface area contributed by atoms with Crippen LogP contribution in [0.25, 0.3) is 5.65 Å². The minimum absolute atomic E-state index is 0.160. The lowest BCUT2D eigenvalue weighted by atomic mass is 10.1. The van der Waals surface area contributed by atoms with Crippen molar-refractivity contribution in [3.05, 3.63) is 47.8 Å². The van der Waals surface area contributed by atoms with Gasteiger partial charge in [0.1, 0.15) is 11.6 Å². The maximum atomic E-state index is 12.7. The van der Waals surface area contributed by atoms with Crippen LogP contribution in [-0.2, 0) is 11.2 Å². The molecule has 8 nitrogen and oxygen atoms in total. The van der Waals surface area contributed by atoms with Gasteiger partial charge < -0.3 is 14.5 Å². The van der Waals surface area contributed by atoms with Crippen LogP contribution < -0.4 is 9.64 Å². The lowest BCUT2D eigenvalue weighted by molar-refractivity contribution is -0.130. The highest BCUT2D eigenvalue weighted by atomic mass is 16.5. The van der Waals surface area contributed by atoms with E-state index < -0.39 is 0 Å². The number of carbonyl (C=O) groups excluding carboxylic acids is 1. The van der Waals surface area contributed by atoms with Crippen molar-refractivity contribution >= 4 is 17.4 Å². The molecule has 29 heavy (non-hydrogen) atoms. The fraction of sp³-hybridized carbons (Fsp3) is 0.429. The lowest BCUT2D eigenvalue weighted by Crippen LogP contribution is -2.49. The first-order valence-corrected chi connectivity index (χ1v) is 10.1. The van der Waals surface area contributed by atoms with E-state index in [9.17, 15) is 4.79 Å². The summed E-state index contributed by atoms with van der Waals surface area (Å²) in [6, 6.07) is 11.6. The molecule has 0 radical (unpaired) electrons. The highest BCUT2D eigenvalue weighted by molar-refractivity contribution is 5.79. The van der Waals surface area contributed by atoms with Crippen LogP contribution in [0.15, 0.2) is 36.4 Å². The second kappa shape index (κ2) is 7.35. The van der Waals surface area contributed by atoms with Crippen LogP contribution in [0, 0.1) is 0 Å². The summed E-state index contributed by atoms with van der Waals surface area (Å²) >= 11 is 0. The van der Waals surface area contributed by atoms with E-state index in [0.717, 1.165) is 41.7 Å². The van der Waals surface area contributed by atoms with E-state index in [2.05, 4.69) is 15.1 Å². The summed E-state index contributed by atoms with van der Waals surface area (Å²) < 4.78 is 7.06. The first-order chi connectivity index (χ1) is 14.2. The van der Waals surface area contributed by atoms with Gasteiger partial charge in [-0.2, -0.15) is 4.52 Å². The van der Waals surface area contributed by atoms with E-state index in [1.807, 2.05) is 45.8 Å². The average molecular weight is 392 g/mol. The third-order valence-corrected chi connectivity index (χ3v) is 5.69. The van der Waals surface area contributed by atoms with Gasteiger partial charge in [0.25, 0.3) is 0 Å². The molecule has 3 aromatic rings. The summed E-state index contributed by atoms with van der Waals surface area (Å²) in [5.41, 5.74) is 1.80. The third-order valence-electron chi connectivity index (χ3n) is 5.69. The fourth-order valence-corrected chi connectivity index (χ4v) is 3.78. The van der Waals surface area contributed by atoms with Gasteiger partial charge in [-0.25, -0.2) is 0 Å². The number of fused-ring (bicyclic) bond motifs is 1. The minimum Gasteiger partial charge on any atom is -0.497 e. The SMILES string of the molecule is COc1ccc(CC(=O)N2CCN(c3ccc4nnc(C5CC5)n4n3)CC2)cc1. The van der Waals surface area contributed by atoms with Gasteiger partial charge in [0.05, 0.1) is 13.5 Å². The van der Waals surface area contributed by atoms with E-state index in [1.54, 1.807) is 7.11 Å². The standard InChI is InChI=1S/C21H24N6O2/c1-29-17-6-2-15(3-7-17)14-20(28)26-12-10-25(11-13-26)19-9-8-18-22-23-21(16-4-5-16)27(18)24-19/h2-3,6-9,16H,4-5,10-14H2,1H3. The zero-order valence-corrected chi connectivity index (χ0v) is 16.5. The van der Waals surface area contributed by atoms with Crippen LogP contribution >= 0.6 is 0 Å². The number of hydrogen-bond acceptors (Lipinski definition) is 6. The molecule has 2 aliphatic rings. The first-order valence-electron chi connectivity index (χ1n) is 10.1. The molecule has 1 amide bonds. The van der Waals surface area contributed by atoms with Crippen LogP contribution in [0.5, 0.6) is 5.75 Å². The van der Waals surface area contributed by atoms with E-state index in [-0.39, 0.29) is 5.91 Å². The summed E-state index contributed by atoms with van der Waals surface area (Å²) in [5.74, 6) is 3.35. The molecular weight excluding hydrogens is 368 g/mol. The van der Waals surface area contributed by atoms with Crippen LogP contribution in [0.3, 0.4) is 0 Å². The lowest BCUT2D eigenvalue weighted by Gasteiger charge is -2.35. The minimum atomic E-state index is 0.160. The Morgan fingerprint density at radius 2 is 1.79 bits per heavy atom. The summed E-state index contributed by atoms with van der Waals surface area (Å²) in [5, 5.41) is 13.3. The van der Waals surface area contributed by atoms with Gasteiger partial charge in [0, 0.05) is 32.1 Å². The van der Waals surface area contributed by atoms with Crippen LogP contribution in [-0.4, -0.2) is 63.9 Å². The number of amides is 1. The molecule has 1 aromatic carbocycles. The second-order valence-corrected chi connectivity index (χ2v) is 7.69. The van der Waals surface area contributed by atoms with Gasteiger partial charge in [-0.3, -0.25) is 4.79 Å². The summed E-state index contributed by atoms with van der Waals surface area (Å²) in [4.78, 5) is 16.8. The number of anilines is 1. The summed E-state index contributed by atoms with van der Waals surface area (Å²) in [6.45, 7) is 2.94. The molecule has 0 bridgehead atoms. The number of aromatic nitrogens is 4. The Hall–Kier alpha value is -3.16. The van der Waals surface area contributed by atoms with Crippen molar-refractivity contribution in [1.29, 1.82) is 0 Å². The van der Waals surface area contributed by atoms with Gasteiger partial charge in [0.2, 0.25) is 5.91 Å². The fourth-order valence-electron chi connectivity index (χ4n) is 3.78. The Kier molecular flexibility index (Phi) is 4.54. The Morgan fingerprint density at radius 3 is 2.48 bits per heavy atom. The molecule has 1 aliphatic heterocycles. The number of ether oxygens (including phenoxy) is 1. The zero-order chi connectivity index (χ0) is 19.8. The van der Waals surface area contributed by atoms with Crippen LogP contribution in [0.4, 0.5) is 5.82 Å². The summed E-state index contributed by atoms with van der Waals surface area (Å²) in [6.07, 6.45) is 2.75. The molecule has 2 fully saturated rings. The van der Waals surface area contributed by atoms with Crippen molar-refractivity contribution in [2.45, 2.75) is 25.2 Å². The van der Waals surface area contributed by atoms with E-state index in [0.29, 0.717) is 25.4 Å². The van der Waals surface area contributed by atoms with Crippen molar-refractivity contribution in [2.75, 3.05) is 38.2 Å². The van der Waals surface area contributed by atoms with Crippen LogP contribution in [0.2, 0.25) is 0 Å². The highest BCUT2D eigenvalue weighted by Crippen LogP contribution is 2.38. The first kappa shape index (κ1) is 17.9. The van der Waals surface area contributed by atoms with Crippen molar-refractivity contribution in [1.82, 2.24) is 24.7 Å². The maximum Gasteiger partial charge on any atom is 0.227 e. The van der Waals surface area contributed by atoms with E-state index >= 15 is 0 Å². The Labute approximate surface area is 169 Å². The third kappa shape index (κ3) is 3.62. The molecule has 1 saturated carbocycles. The molecule has 0 spiro atoms. The predicted molar refractivity (Wildman–Crippen MR) is 108 cm³/mol. The van der Waals surface area contributed by atoms with Crippen molar-refractivity contribution in [3.8, 4) is 5.75 Å². The largest absolute Gasteiger partial charge is 0.497 e. The summed E-state index contributed by atoms with van der Waals surface area (Å²) in [7, 11) is 1.64. The Bertz CT molecular complexity index is 1020. The quantitative estimate of drug-likeness (QED) is 0.660. The van der Waals surface area contributed by atoms with Gasteiger partial charge in [-0.05, 0) is 42.7 Å². The highest BCUT2D eigenvalue weighted by Gasteiger charge is 2.30. The number of methoxy groups -OCH3 is 1. The predicted octanol–water partition coefficient (Wildman–Crippen LogP) is 1.90. The molecule has 1 aliphatic carbocycles. The molecule has 0 unspecified atom stereocenters. The van der Waals surface area contributed by atoms with E-state index in [4.69, 9.17) is 9.84 Å². The van der Waals surface area contributed by atoms with E-state index in [1.165, 1.54) is 12.8 Å². The molecule has 0 N–H and O–H groups in total. The number of hydrogen-bond donors (Lipinski definition) is 0. The number of benzene rings is 1. The number of nitrogens with zero attached hydrogens (tertiary/aromatic N) is 6. The van der Waals surface area contributed by atoms with Crippen molar-refractivity contribution < 1.29 is 9.53 Å². The molecule has 1 saturated heterocycles. The van der Waals surface area contributed by atoms with Gasteiger partial charge >= 0.3 is 0 Å². The molecule has 8 heteroatoms. The molecule has 2 aromatic heterocycles. The zero-order valence-electron chi connectivity index (χ0n) is 16.5. The monoisotopic (exact) mass is 392 g/mol. The normalized spacial score (nSPS) is 17.0. The molecule has 5 rings (SSSR count).